The highest BCUT2D eigenvalue weighted by Crippen LogP contribution is 2.57. The minimum Gasteiger partial charge on any atom is -0.472 e. The van der Waals surface area contributed by atoms with Crippen molar-refractivity contribution in [2.24, 2.45) is 29.1 Å². The lowest BCUT2D eigenvalue weighted by Crippen LogP contribution is -2.48. The average molecular weight is 748 g/mol. The zero-order chi connectivity index (χ0) is 37.5. The Hall–Kier alpha value is -3.64. The van der Waals surface area contributed by atoms with Crippen molar-refractivity contribution in [2.45, 2.75) is 115 Å². The summed E-state index contributed by atoms with van der Waals surface area (Å²) in [5.74, 6) is -2.18. The van der Waals surface area contributed by atoms with Crippen LogP contribution in [0.5, 0.6) is 5.88 Å². The van der Waals surface area contributed by atoms with Crippen LogP contribution in [-0.2, 0) is 40.4 Å². The SMILES string of the molecule is C=C[C@@H]1C[C@]1(CC(=O)[C@@H]1C[C@@H]2CN1C(=O)[C@H](C1CCCCC1)CC(=O)[C@@H](C)COCCCc1cc3c(nccc3cc1C)O2)C(=O)NS(=O)(=O)C1CC1. The minimum absolute atomic E-state index is 0.00866. The van der Waals surface area contributed by atoms with Gasteiger partial charge >= 0.3 is 0 Å². The molecule has 0 unspecified atom stereocenters. The first-order valence-corrected chi connectivity index (χ1v) is 21.1. The van der Waals surface area contributed by atoms with Gasteiger partial charge in [-0.05, 0) is 92.4 Å². The van der Waals surface area contributed by atoms with Crippen molar-refractivity contribution in [1.29, 1.82) is 0 Å². The molecular formula is C41H53N3O8S. The van der Waals surface area contributed by atoms with Crippen LogP contribution >= 0.6 is 0 Å². The van der Waals surface area contributed by atoms with Gasteiger partial charge in [0.2, 0.25) is 27.7 Å². The summed E-state index contributed by atoms with van der Waals surface area (Å²) in [6, 6.07) is 5.24. The van der Waals surface area contributed by atoms with Crippen LogP contribution in [0, 0.1) is 36.0 Å². The first kappa shape index (κ1) is 37.7. The number of aromatic nitrogens is 1. The Morgan fingerprint density at radius 3 is 2.60 bits per heavy atom. The summed E-state index contributed by atoms with van der Waals surface area (Å²) in [4.78, 5) is 63.0. The number of benzene rings is 1. The van der Waals surface area contributed by atoms with Gasteiger partial charge in [-0.3, -0.25) is 23.9 Å². The van der Waals surface area contributed by atoms with E-state index in [9.17, 15) is 27.6 Å². The fraction of sp³-hybridized carbons (Fsp3) is 0.634. The normalized spacial score (nSPS) is 30.4. The third-order valence-electron chi connectivity index (χ3n) is 12.5. The van der Waals surface area contributed by atoms with Gasteiger partial charge in [-0.25, -0.2) is 13.4 Å². The molecule has 1 saturated heterocycles. The summed E-state index contributed by atoms with van der Waals surface area (Å²) in [6.07, 6.45) is 10.4. The topological polar surface area (TPSA) is 149 Å². The fourth-order valence-electron chi connectivity index (χ4n) is 8.95. The first-order chi connectivity index (χ1) is 25.4. The van der Waals surface area contributed by atoms with Crippen LogP contribution in [0.15, 0.2) is 37.1 Å². The van der Waals surface area contributed by atoms with Crippen molar-refractivity contribution >= 4 is 44.2 Å². The molecule has 53 heavy (non-hydrogen) atoms. The largest absolute Gasteiger partial charge is 0.472 e. The Labute approximate surface area is 312 Å². The lowest BCUT2D eigenvalue weighted by Gasteiger charge is -2.34. The number of aryl methyl sites for hydroxylation is 2. The van der Waals surface area contributed by atoms with Crippen LogP contribution in [-0.4, -0.2) is 78.8 Å². The van der Waals surface area contributed by atoms with Gasteiger partial charge in [-0.1, -0.05) is 38.3 Å². The van der Waals surface area contributed by atoms with E-state index in [4.69, 9.17) is 9.47 Å². The van der Waals surface area contributed by atoms with E-state index in [-0.39, 0.29) is 67.6 Å². The quantitative estimate of drug-likeness (QED) is 0.350. The summed E-state index contributed by atoms with van der Waals surface area (Å²) in [6.45, 7) is 8.70. The molecule has 7 rings (SSSR count). The summed E-state index contributed by atoms with van der Waals surface area (Å²) < 4.78 is 40.4. The molecule has 3 heterocycles. The van der Waals surface area contributed by atoms with E-state index in [1.165, 1.54) is 0 Å². The lowest BCUT2D eigenvalue weighted by molar-refractivity contribution is -0.145. The molecule has 6 atom stereocenters. The maximum Gasteiger partial charge on any atom is 0.240 e. The first-order valence-electron chi connectivity index (χ1n) is 19.6. The molecule has 11 nitrogen and oxygen atoms in total. The number of nitrogens with zero attached hydrogens (tertiary/aromatic N) is 2. The molecule has 4 fully saturated rings. The number of hydrogen-bond acceptors (Lipinski definition) is 9. The van der Waals surface area contributed by atoms with Gasteiger partial charge in [-0.2, -0.15) is 0 Å². The van der Waals surface area contributed by atoms with Crippen molar-refractivity contribution in [3.8, 4) is 5.88 Å². The average Bonchev–Trinajstić information content (AvgIpc) is 4.07. The van der Waals surface area contributed by atoms with Crippen molar-refractivity contribution in [2.75, 3.05) is 19.8 Å². The van der Waals surface area contributed by atoms with Crippen LogP contribution in [0.4, 0.5) is 0 Å². The molecular weight excluding hydrogens is 695 g/mol. The Morgan fingerprint density at radius 1 is 1.11 bits per heavy atom. The highest BCUT2D eigenvalue weighted by Gasteiger charge is 2.61. The van der Waals surface area contributed by atoms with E-state index in [0.29, 0.717) is 31.7 Å². The van der Waals surface area contributed by atoms with E-state index < -0.39 is 44.7 Å². The molecule has 0 radical (unpaired) electrons. The number of ether oxygens (including phenoxy) is 2. The van der Waals surface area contributed by atoms with E-state index in [2.05, 4.69) is 35.3 Å². The third-order valence-corrected chi connectivity index (χ3v) is 14.4. The molecule has 2 aromatic rings. The van der Waals surface area contributed by atoms with Crippen LogP contribution < -0.4 is 9.46 Å². The Kier molecular flexibility index (Phi) is 10.8. The van der Waals surface area contributed by atoms with E-state index >= 15 is 0 Å². The maximum absolute atomic E-state index is 14.9. The van der Waals surface area contributed by atoms with Gasteiger partial charge in [0.15, 0.2) is 5.78 Å². The molecule has 3 aliphatic carbocycles. The Morgan fingerprint density at radius 2 is 1.89 bits per heavy atom. The smallest absolute Gasteiger partial charge is 0.240 e. The number of carbonyl (C=O) groups excluding carboxylic acids is 4. The highest BCUT2D eigenvalue weighted by molar-refractivity contribution is 7.90. The van der Waals surface area contributed by atoms with Crippen LogP contribution in [0.3, 0.4) is 0 Å². The zero-order valence-electron chi connectivity index (χ0n) is 31.0. The Balaban J connectivity index is 1.23. The monoisotopic (exact) mass is 747 g/mol. The molecule has 1 aromatic carbocycles. The third kappa shape index (κ3) is 7.95. The maximum atomic E-state index is 14.9. The standard InChI is InChI=1S/C41H53N3O8S/c1-4-30-21-41(30,40(48)43-53(49,50)32-12-13-32)22-37(46)35-19-31-23-44(35)39(47)34(27-9-6-5-7-10-27)20-36(45)26(3)24-51-16-8-11-28-18-33-29(17-25(28)2)14-15-42-38(33)52-31/h4,14-15,17-18,26-27,30-32,34-35H,1,5-13,16,19-24H2,2-3H3,(H,43,48)/t26-,30+,31+,34-,35-,41+/m0/s1. The number of fused-ring (bicyclic) bond motifs is 3. The van der Waals surface area contributed by atoms with Gasteiger partial charge in [0.25, 0.3) is 0 Å². The molecule has 1 N–H and O–H groups in total. The number of allylic oxidation sites excluding steroid dienone is 1. The molecule has 2 aliphatic heterocycles. The second kappa shape index (κ2) is 15.2. The summed E-state index contributed by atoms with van der Waals surface area (Å²) in [5, 5.41) is 1.24. The number of hydrogen-bond donors (Lipinski definition) is 1. The molecule has 12 heteroatoms. The molecule has 0 spiro atoms. The highest BCUT2D eigenvalue weighted by atomic mass is 32.2. The summed E-state index contributed by atoms with van der Waals surface area (Å²) in [7, 11) is -3.83. The molecule has 5 aliphatic rings. The van der Waals surface area contributed by atoms with E-state index in [0.717, 1.165) is 66.8 Å². The van der Waals surface area contributed by atoms with E-state index in [1.807, 2.05) is 13.0 Å². The number of Topliss-reactive ketones (excluding diaryl/α,β-unsaturated/α-hetero) is 2. The second-order valence-electron chi connectivity index (χ2n) is 16.4. The summed E-state index contributed by atoms with van der Waals surface area (Å²) in [5.41, 5.74) is 1.04. The summed E-state index contributed by atoms with van der Waals surface area (Å²) >= 11 is 0. The minimum atomic E-state index is -3.83. The van der Waals surface area contributed by atoms with Gasteiger partial charge in [0.1, 0.15) is 11.9 Å². The molecule has 286 valence electrons. The fourth-order valence-corrected chi connectivity index (χ4v) is 10.3. The zero-order valence-corrected chi connectivity index (χ0v) is 31.8. The molecule has 4 bridgehead atoms. The van der Waals surface area contributed by atoms with Gasteiger partial charge in [0, 0.05) is 49.3 Å². The molecule has 2 amide bonds. The van der Waals surface area contributed by atoms with E-state index in [1.54, 1.807) is 17.2 Å². The number of nitrogens with one attached hydrogen (secondary N) is 1. The van der Waals surface area contributed by atoms with Crippen LogP contribution in [0.2, 0.25) is 0 Å². The van der Waals surface area contributed by atoms with Gasteiger partial charge in [0.05, 0.1) is 29.9 Å². The molecule has 3 saturated carbocycles. The number of sulfonamides is 1. The second-order valence-corrected chi connectivity index (χ2v) is 18.3. The van der Waals surface area contributed by atoms with Crippen LogP contribution in [0.1, 0.15) is 95.1 Å². The number of pyridine rings is 1. The van der Waals surface area contributed by atoms with Crippen molar-refractivity contribution < 1.29 is 37.1 Å². The number of amides is 2. The predicted octanol–water partition coefficient (Wildman–Crippen LogP) is 5.41. The Bertz CT molecular complexity index is 1890. The van der Waals surface area contributed by atoms with Crippen molar-refractivity contribution in [3.05, 3.63) is 48.2 Å². The molecule has 1 aromatic heterocycles. The number of ketones is 2. The van der Waals surface area contributed by atoms with Gasteiger partial charge in [-0.15, -0.1) is 6.58 Å². The number of rotatable bonds is 8. The number of carbonyl (C=O) groups is 4. The van der Waals surface area contributed by atoms with Crippen molar-refractivity contribution in [1.82, 2.24) is 14.6 Å². The van der Waals surface area contributed by atoms with Crippen molar-refractivity contribution in [3.63, 3.8) is 0 Å². The predicted molar refractivity (Wildman–Crippen MR) is 199 cm³/mol. The van der Waals surface area contributed by atoms with Gasteiger partial charge < -0.3 is 14.4 Å². The van der Waals surface area contributed by atoms with Crippen LogP contribution in [0.25, 0.3) is 10.8 Å². The lowest BCUT2D eigenvalue weighted by atomic mass is 9.76.